The molecule has 1 aliphatic rings. The van der Waals surface area contributed by atoms with Crippen molar-refractivity contribution in [2.45, 2.75) is 30.7 Å². The summed E-state index contributed by atoms with van der Waals surface area (Å²) in [6, 6.07) is 29.5. The molecule has 0 aromatic heterocycles. The molecule has 3 aromatic rings. The van der Waals surface area contributed by atoms with Crippen molar-refractivity contribution in [1.29, 1.82) is 0 Å². The zero-order chi connectivity index (χ0) is 21.5. The quantitative estimate of drug-likeness (QED) is 0.518. The van der Waals surface area contributed by atoms with Crippen molar-refractivity contribution in [3.63, 3.8) is 0 Å². The second kappa shape index (κ2) is 9.80. The van der Waals surface area contributed by atoms with E-state index < -0.39 is 0 Å². The maximum atomic E-state index is 12.1. The number of nitrogens with one attached hydrogen (secondary N) is 1. The molecule has 1 heterocycles. The molecule has 0 bridgehead atoms. The molecule has 31 heavy (non-hydrogen) atoms. The molecule has 4 nitrogen and oxygen atoms in total. The first-order valence-corrected chi connectivity index (χ1v) is 10.8. The Balaban J connectivity index is 1.59. The molecule has 160 valence electrons. The summed E-state index contributed by atoms with van der Waals surface area (Å²) in [5.41, 5.74) is 4.42. The lowest BCUT2D eigenvalue weighted by Crippen LogP contribution is -2.36. The third-order valence-electron chi connectivity index (χ3n) is 6.23. The average molecular weight is 416 g/mol. The van der Waals surface area contributed by atoms with Crippen LogP contribution in [0.15, 0.2) is 84.9 Å². The molecule has 0 saturated carbocycles. The Hall–Kier alpha value is -3.11. The SMILES string of the molecule is COC(=O)CC1(c2ccc(NC(c3ccccc3)c3ccccc3)cc2)CCOCC1. The highest BCUT2D eigenvalue weighted by atomic mass is 16.5. The van der Waals surface area contributed by atoms with Crippen molar-refractivity contribution in [2.24, 2.45) is 0 Å². The van der Waals surface area contributed by atoms with Gasteiger partial charge in [0, 0.05) is 24.3 Å². The first kappa shape index (κ1) is 21.1. The highest BCUT2D eigenvalue weighted by molar-refractivity contribution is 5.71. The van der Waals surface area contributed by atoms with Crippen LogP contribution in [0.2, 0.25) is 0 Å². The van der Waals surface area contributed by atoms with Crippen LogP contribution in [0.1, 0.15) is 42.0 Å². The van der Waals surface area contributed by atoms with Gasteiger partial charge in [-0.15, -0.1) is 0 Å². The monoisotopic (exact) mass is 415 g/mol. The summed E-state index contributed by atoms with van der Waals surface area (Å²) in [4.78, 5) is 12.1. The minimum atomic E-state index is -0.220. The van der Waals surface area contributed by atoms with Crippen molar-refractivity contribution in [1.82, 2.24) is 0 Å². The topological polar surface area (TPSA) is 47.6 Å². The van der Waals surface area contributed by atoms with E-state index in [1.807, 2.05) is 12.1 Å². The zero-order valence-corrected chi connectivity index (χ0v) is 17.9. The summed E-state index contributed by atoms with van der Waals surface area (Å²) < 4.78 is 10.6. The number of rotatable bonds is 7. The number of hydrogen-bond donors (Lipinski definition) is 1. The minimum Gasteiger partial charge on any atom is -0.469 e. The van der Waals surface area contributed by atoms with E-state index in [-0.39, 0.29) is 17.4 Å². The van der Waals surface area contributed by atoms with Crippen molar-refractivity contribution < 1.29 is 14.3 Å². The van der Waals surface area contributed by atoms with Gasteiger partial charge in [0.2, 0.25) is 0 Å². The first-order chi connectivity index (χ1) is 15.2. The van der Waals surface area contributed by atoms with Crippen LogP contribution in [0.5, 0.6) is 0 Å². The van der Waals surface area contributed by atoms with E-state index >= 15 is 0 Å². The van der Waals surface area contributed by atoms with Gasteiger partial charge in [-0.05, 0) is 41.7 Å². The largest absolute Gasteiger partial charge is 0.469 e. The molecule has 1 N–H and O–H groups in total. The number of ether oxygens (including phenoxy) is 2. The lowest BCUT2D eigenvalue weighted by Gasteiger charge is -2.37. The molecular weight excluding hydrogens is 386 g/mol. The fourth-order valence-corrected chi connectivity index (χ4v) is 4.41. The molecule has 1 fully saturated rings. The lowest BCUT2D eigenvalue weighted by atomic mass is 9.72. The van der Waals surface area contributed by atoms with Crippen LogP contribution in [0.25, 0.3) is 0 Å². The van der Waals surface area contributed by atoms with Gasteiger partial charge in [0.15, 0.2) is 0 Å². The van der Waals surface area contributed by atoms with Gasteiger partial charge in [-0.1, -0.05) is 72.8 Å². The van der Waals surface area contributed by atoms with Gasteiger partial charge in [0.1, 0.15) is 0 Å². The van der Waals surface area contributed by atoms with Crippen molar-refractivity contribution in [3.05, 3.63) is 102 Å². The third-order valence-corrected chi connectivity index (χ3v) is 6.23. The van der Waals surface area contributed by atoms with Crippen LogP contribution < -0.4 is 5.32 Å². The Kier molecular flexibility index (Phi) is 6.68. The third kappa shape index (κ3) is 4.97. The van der Waals surface area contributed by atoms with Crippen molar-refractivity contribution in [3.8, 4) is 0 Å². The minimum absolute atomic E-state index is 0.0559. The van der Waals surface area contributed by atoms with Gasteiger partial charge in [-0.3, -0.25) is 4.79 Å². The first-order valence-electron chi connectivity index (χ1n) is 10.8. The van der Waals surface area contributed by atoms with E-state index in [0.717, 1.165) is 18.5 Å². The Bertz CT molecular complexity index is 925. The summed E-state index contributed by atoms with van der Waals surface area (Å²) in [7, 11) is 1.45. The number of hydrogen-bond acceptors (Lipinski definition) is 4. The fourth-order valence-electron chi connectivity index (χ4n) is 4.41. The van der Waals surface area contributed by atoms with Crippen LogP contribution in [0, 0.1) is 0 Å². The molecule has 0 amide bonds. The molecule has 0 atom stereocenters. The van der Waals surface area contributed by atoms with E-state index in [2.05, 4.69) is 78.1 Å². The van der Waals surface area contributed by atoms with Gasteiger partial charge in [0.25, 0.3) is 0 Å². The Morgan fingerprint density at radius 1 is 0.903 bits per heavy atom. The van der Waals surface area contributed by atoms with Crippen molar-refractivity contribution >= 4 is 11.7 Å². The Morgan fingerprint density at radius 2 is 1.45 bits per heavy atom. The molecule has 0 unspecified atom stereocenters. The zero-order valence-electron chi connectivity index (χ0n) is 17.9. The second-order valence-corrected chi connectivity index (χ2v) is 8.12. The van der Waals surface area contributed by atoms with Crippen LogP contribution in [-0.4, -0.2) is 26.3 Å². The summed E-state index contributed by atoms with van der Waals surface area (Å²) in [5.74, 6) is -0.169. The van der Waals surface area contributed by atoms with Crippen LogP contribution in [0.3, 0.4) is 0 Å². The molecule has 1 aliphatic heterocycles. The van der Waals surface area contributed by atoms with Gasteiger partial charge >= 0.3 is 5.97 Å². The van der Waals surface area contributed by atoms with E-state index in [1.165, 1.54) is 23.8 Å². The molecule has 0 aliphatic carbocycles. The predicted octanol–water partition coefficient (Wildman–Crippen LogP) is 5.50. The average Bonchev–Trinajstić information content (AvgIpc) is 2.84. The van der Waals surface area contributed by atoms with Gasteiger partial charge < -0.3 is 14.8 Å². The summed E-state index contributed by atoms with van der Waals surface area (Å²) in [6.45, 7) is 1.34. The fraction of sp³-hybridized carbons (Fsp3) is 0.296. The second-order valence-electron chi connectivity index (χ2n) is 8.12. The summed E-state index contributed by atoms with van der Waals surface area (Å²) >= 11 is 0. The number of carbonyl (C=O) groups excluding carboxylic acids is 1. The standard InChI is InChI=1S/C27H29NO3/c1-30-25(29)20-27(16-18-31-19-17-27)23-12-14-24(15-13-23)28-26(21-8-4-2-5-9-21)22-10-6-3-7-11-22/h2-15,26,28H,16-20H2,1H3. The molecule has 3 aromatic carbocycles. The number of benzene rings is 3. The van der Waals surface area contributed by atoms with E-state index in [4.69, 9.17) is 9.47 Å². The van der Waals surface area contributed by atoms with Crippen LogP contribution in [-0.2, 0) is 19.7 Å². The van der Waals surface area contributed by atoms with E-state index in [0.29, 0.717) is 19.6 Å². The molecule has 0 spiro atoms. The Labute approximate surface area is 184 Å². The van der Waals surface area contributed by atoms with Gasteiger partial charge in [-0.25, -0.2) is 0 Å². The maximum Gasteiger partial charge on any atom is 0.306 e. The van der Waals surface area contributed by atoms with Crippen molar-refractivity contribution in [2.75, 3.05) is 25.6 Å². The summed E-state index contributed by atoms with van der Waals surface area (Å²) in [5, 5.41) is 3.69. The smallest absolute Gasteiger partial charge is 0.306 e. The summed E-state index contributed by atoms with van der Waals surface area (Å²) in [6.07, 6.45) is 2.04. The van der Waals surface area contributed by atoms with Crippen LogP contribution in [0.4, 0.5) is 5.69 Å². The number of esters is 1. The predicted molar refractivity (Wildman–Crippen MR) is 123 cm³/mol. The van der Waals surface area contributed by atoms with Crippen LogP contribution >= 0.6 is 0 Å². The molecule has 4 heteroatoms. The molecule has 1 saturated heterocycles. The molecule has 4 rings (SSSR count). The number of anilines is 1. The number of carbonyl (C=O) groups is 1. The lowest BCUT2D eigenvalue weighted by molar-refractivity contribution is -0.143. The highest BCUT2D eigenvalue weighted by Gasteiger charge is 2.37. The van der Waals surface area contributed by atoms with Gasteiger partial charge in [-0.2, -0.15) is 0 Å². The normalized spacial score (nSPS) is 15.4. The van der Waals surface area contributed by atoms with E-state index in [9.17, 15) is 4.79 Å². The van der Waals surface area contributed by atoms with E-state index in [1.54, 1.807) is 0 Å². The molecular formula is C27H29NO3. The molecule has 0 radical (unpaired) electrons. The maximum absolute atomic E-state index is 12.1. The number of methoxy groups -OCH3 is 1. The Morgan fingerprint density at radius 3 is 1.97 bits per heavy atom. The van der Waals surface area contributed by atoms with Gasteiger partial charge in [0.05, 0.1) is 19.6 Å². The highest BCUT2D eigenvalue weighted by Crippen LogP contribution is 2.39.